The molecule has 0 radical (unpaired) electrons. The Kier molecular flexibility index (Phi) is 5.70. The van der Waals surface area contributed by atoms with Crippen LogP contribution in [0.15, 0.2) is 64.9 Å². The Bertz CT molecular complexity index is 940. The smallest absolute Gasteiger partial charge is 0.272 e. The molecule has 1 N–H and O–H groups in total. The van der Waals surface area contributed by atoms with Crippen LogP contribution in [-0.2, 0) is 5.75 Å². The van der Waals surface area contributed by atoms with Crippen molar-refractivity contribution in [3.05, 3.63) is 86.1 Å². The summed E-state index contributed by atoms with van der Waals surface area (Å²) >= 11 is 2.92. The quantitative estimate of drug-likeness (QED) is 0.345. The third-order valence-electron chi connectivity index (χ3n) is 3.74. The van der Waals surface area contributed by atoms with Crippen molar-refractivity contribution in [2.75, 3.05) is 5.32 Å². The Labute approximate surface area is 159 Å². The summed E-state index contributed by atoms with van der Waals surface area (Å²) in [5.41, 5.74) is 2.37. The van der Waals surface area contributed by atoms with E-state index in [0.29, 0.717) is 16.2 Å². The molecule has 1 aromatic heterocycles. The van der Waals surface area contributed by atoms with Crippen molar-refractivity contribution in [3.8, 4) is 0 Å². The van der Waals surface area contributed by atoms with Crippen molar-refractivity contribution in [2.45, 2.75) is 17.6 Å². The van der Waals surface area contributed by atoms with Gasteiger partial charge in [0.1, 0.15) is 0 Å². The van der Waals surface area contributed by atoms with Gasteiger partial charge in [-0.2, -0.15) is 0 Å². The van der Waals surface area contributed by atoms with Crippen LogP contribution in [0.3, 0.4) is 0 Å². The minimum atomic E-state index is -0.362. The van der Waals surface area contributed by atoms with Gasteiger partial charge in [0.25, 0.3) is 11.6 Å². The molecule has 0 saturated carbocycles. The lowest BCUT2D eigenvalue weighted by atomic mass is 10.1. The van der Waals surface area contributed by atoms with Crippen LogP contribution in [0.5, 0.6) is 0 Å². The number of aryl methyl sites for hydroxylation is 1. The van der Waals surface area contributed by atoms with Gasteiger partial charge >= 0.3 is 0 Å². The Balaban J connectivity index is 1.74. The van der Waals surface area contributed by atoms with Gasteiger partial charge in [-0.05, 0) is 36.1 Å². The third kappa shape index (κ3) is 4.30. The van der Waals surface area contributed by atoms with Crippen molar-refractivity contribution in [1.82, 2.24) is 0 Å². The first-order valence-corrected chi connectivity index (χ1v) is 9.72. The maximum absolute atomic E-state index is 12.3. The molecule has 7 heteroatoms. The molecule has 0 saturated heterocycles. The zero-order valence-electron chi connectivity index (χ0n) is 14.0. The number of carbonyl (C=O) groups is 1. The lowest BCUT2D eigenvalue weighted by Crippen LogP contribution is -2.10. The van der Waals surface area contributed by atoms with Crippen LogP contribution in [0.2, 0.25) is 0 Å². The van der Waals surface area contributed by atoms with Gasteiger partial charge in [0.05, 0.1) is 15.5 Å². The number of anilines is 1. The van der Waals surface area contributed by atoms with Crippen molar-refractivity contribution >= 4 is 40.4 Å². The molecule has 132 valence electrons. The average molecular weight is 384 g/mol. The molecule has 0 spiro atoms. The molecule has 0 aliphatic rings. The number of amides is 1. The summed E-state index contributed by atoms with van der Waals surface area (Å²) in [5.74, 6) is 0.437. The lowest BCUT2D eigenvalue weighted by Gasteiger charge is -2.10. The average Bonchev–Trinajstić information content (AvgIpc) is 3.16. The summed E-state index contributed by atoms with van der Waals surface area (Å²) in [4.78, 5) is 24.6. The molecule has 3 rings (SSSR count). The van der Waals surface area contributed by atoms with E-state index in [2.05, 4.69) is 5.32 Å². The number of benzene rings is 2. The summed E-state index contributed by atoms with van der Waals surface area (Å²) in [6.45, 7) is 1.73. The number of thiophene rings is 1. The zero-order chi connectivity index (χ0) is 18.5. The second-order valence-electron chi connectivity index (χ2n) is 5.59. The highest BCUT2D eigenvalue weighted by Crippen LogP contribution is 2.31. The van der Waals surface area contributed by atoms with Crippen molar-refractivity contribution in [2.24, 2.45) is 0 Å². The van der Waals surface area contributed by atoms with E-state index in [1.54, 1.807) is 25.1 Å². The van der Waals surface area contributed by atoms with E-state index in [4.69, 9.17) is 0 Å². The molecule has 1 heterocycles. The maximum Gasteiger partial charge on any atom is 0.272 e. The first-order chi connectivity index (χ1) is 12.5. The number of nitro groups is 1. The number of rotatable bonds is 6. The summed E-state index contributed by atoms with van der Waals surface area (Å²) in [7, 11) is 0. The van der Waals surface area contributed by atoms with E-state index in [-0.39, 0.29) is 16.5 Å². The fourth-order valence-electron chi connectivity index (χ4n) is 2.39. The van der Waals surface area contributed by atoms with Crippen molar-refractivity contribution in [3.63, 3.8) is 0 Å². The van der Waals surface area contributed by atoms with Crippen LogP contribution >= 0.6 is 23.1 Å². The second-order valence-corrected chi connectivity index (χ2v) is 7.56. The summed E-state index contributed by atoms with van der Waals surface area (Å²) in [5, 5.41) is 15.9. The minimum Gasteiger partial charge on any atom is -0.320 e. The molecule has 0 bridgehead atoms. The van der Waals surface area contributed by atoms with Gasteiger partial charge < -0.3 is 5.32 Å². The summed E-state index contributed by atoms with van der Waals surface area (Å²) in [6, 6.07) is 16.4. The first-order valence-electron chi connectivity index (χ1n) is 7.85. The van der Waals surface area contributed by atoms with Crippen LogP contribution in [0.1, 0.15) is 20.8 Å². The molecule has 0 atom stereocenters. The molecule has 0 fully saturated rings. The van der Waals surface area contributed by atoms with Gasteiger partial charge in [-0.1, -0.05) is 30.3 Å². The number of nitro benzene ring substituents is 1. The van der Waals surface area contributed by atoms with E-state index in [0.717, 1.165) is 16.1 Å². The molecule has 26 heavy (non-hydrogen) atoms. The van der Waals surface area contributed by atoms with Crippen LogP contribution in [0.25, 0.3) is 0 Å². The van der Waals surface area contributed by atoms with Crippen molar-refractivity contribution in [1.29, 1.82) is 0 Å². The fourth-order valence-corrected chi connectivity index (χ4v) is 3.96. The third-order valence-corrected chi connectivity index (χ3v) is 5.76. The molecular weight excluding hydrogens is 368 g/mol. The SMILES string of the molecule is Cc1ccc(CSc2ccccc2NC(=O)c2cccs2)cc1[N+](=O)[O-]. The van der Waals surface area contributed by atoms with Crippen LogP contribution in [0, 0.1) is 17.0 Å². The monoisotopic (exact) mass is 384 g/mol. The first kappa shape index (κ1) is 18.2. The molecule has 5 nitrogen and oxygen atoms in total. The highest BCUT2D eigenvalue weighted by atomic mass is 32.2. The number of nitrogens with one attached hydrogen (secondary N) is 1. The number of para-hydroxylation sites is 1. The predicted molar refractivity (Wildman–Crippen MR) is 106 cm³/mol. The second kappa shape index (κ2) is 8.16. The van der Waals surface area contributed by atoms with Gasteiger partial charge in [-0.25, -0.2) is 0 Å². The number of thioether (sulfide) groups is 1. The Morgan fingerprint density at radius 2 is 2.00 bits per heavy atom. The van der Waals surface area contributed by atoms with E-state index in [1.807, 2.05) is 41.8 Å². The van der Waals surface area contributed by atoms with E-state index < -0.39 is 0 Å². The highest BCUT2D eigenvalue weighted by molar-refractivity contribution is 7.98. The van der Waals surface area contributed by atoms with E-state index in [1.165, 1.54) is 23.1 Å². The summed E-state index contributed by atoms with van der Waals surface area (Å²) < 4.78 is 0. The zero-order valence-corrected chi connectivity index (χ0v) is 15.6. The normalized spacial score (nSPS) is 10.5. The molecule has 0 aliphatic heterocycles. The van der Waals surface area contributed by atoms with Gasteiger partial charge in [0, 0.05) is 22.3 Å². The van der Waals surface area contributed by atoms with Crippen LogP contribution in [-0.4, -0.2) is 10.8 Å². The number of nitrogens with zero attached hydrogens (tertiary/aromatic N) is 1. The molecule has 0 aliphatic carbocycles. The van der Waals surface area contributed by atoms with E-state index in [9.17, 15) is 14.9 Å². The molecular formula is C19H16N2O3S2. The van der Waals surface area contributed by atoms with Crippen LogP contribution in [0.4, 0.5) is 11.4 Å². The molecule has 2 aromatic carbocycles. The lowest BCUT2D eigenvalue weighted by molar-refractivity contribution is -0.385. The van der Waals surface area contributed by atoms with Gasteiger partial charge in [0.2, 0.25) is 0 Å². The number of hydrogen-bond donors (Lipinski definition) is 1. The van der Waals surface area contributed by atoms with Gasteiger partial charge in [-0.15, -0.1) is 23.1 Å². The molecule has 1 amide bonds. The maximum atomic E-state index is 12.3. The standard InChI is InChI=1S/C19H16N2O3S2/c1-13-8-9-14(11-16(13)21(23)24)12-26-17-6-3-2-5-15(17)20-19(22)18-7-4-10-25-18/h2-11H,12H2,1H3,(H,20,22). The summed E-state index contributed by atoms with van der Waals surface area (Å²) in [6.07, 6.45) is 0. The minimum absolute atomic E-state index is 0.127. The molecule has 0 unspecified atom stereocenters. The van der Waals surface area contributed by atoms with Gasteiger partial charge in [-0.3, -0.25) is 14.9 Å². The van der Waals surface area contributed by atoms with Gasteiger partial charge in [0.15, 0.2) is 0 Å². The molecule has 3 aromatic rings. The van der Waals surface area contributed by atoms with Crippen molar-refractivity contribution < 1.29 is 9.72 Å². The fraction of sp³-hybridized carbons (Fsp3) is 0.105. The highest BCUT2D eigenvalue weighted by Gasteiger charge is 2.13. The topological polar surface area (TPSA) is 72.2 Å². The number of carbonyl (C=O) groups excluding carboxylic acids is 1. The van der Waals surface area contributed by atoms with Crippen LogP contribution < -0.4 is 5.32 Å². The predicted octanol–water partition coefficient (Wildman–Crippen LogP) is 5.51. The largest absolute Gasteiger partial charge is 0.320 e. The Morgan fingerprint density at radius 3 is 2.73 bits per heavy atom. The van der Waals surface area contributed by atoms with E-state index >= 15 is 0 Å². The Hall–Kier alpha value is -2.64. The Morgan fingerprint density at radius 1 is 1.19 bits per heavy atom. The number of hydrogen-bond acceptors (Lipinski definition) is 5.